The molecule has 2 aromatic carbocycles. The molecule has 1 aliphatic rings. The average molecular weight is 416 g/mol. The summed E-state index contributed by atoms with van der Waals surface area (Å²) in [6.45, 7) is 4.71. The first-order valence-electron chi connectivity index (χ1n) is 9.69. The lowest BCUT2D eigenvalue weighted by Crippen LogP contribution is -2.28. The van der Waals surface area contributed by atoms with Gasteiger partial charge < -0.3 is 4.74 Å². The van der Waals surface area contributed by atoms with Crippen LogP contribution in [0.4, 0.5) is 0 Å². The monoisotopic (exact) mass is 415 g/mol. The minimum absolute atomic E-state index is 0.0597. The second-order valence-corrected chi connectivity index (χ2v) is 9.35. The minimum Gasteiger partial charge on any atom is -0.454 e. The molecule has 0 aliphatic carbocycles. The molecule has 6 nitrogen and oxygen atoms in total. The Balaban J connectivity index is 1.65. The maximum absolute atomic E-state index is 12.7. The van der Waals surface area contributed by atoms with E-state index in [9.17, 15) is 18.0 Å². The lowest BCUT2D eigenvalue weighted by atomic mass is 10.0. The van der Waals surface area contributed by atoms with Crippen molar-refractivity contribution in [3.05, 3.63) is 65.2 Å². The normalized spacial score (nSPS) is 14.9. The van der Waals surface area contributed by atoms with Gasteiger partial charge in [-0.2, -0.15) is 4.31 Å². The van der Waals surface area contributed by atoms with Crippen LogP contribution in [0.1, 0.15) is 58.9 Å². The van der Waals surface area contributed by atoms with Crippen molar-refractivity contribution >= 4 is 21.8 Å². The summed E-state index contributed by atoms with van der Waals surface area (Å²) in [5.41, 5.74) is 1.69. The topological polar surface area (TPSA) is 80.8 Å². The van der Waals surface area contributed by atoms with Gasteiger partial charge in [0, 0.05) is 18.7 Å². The van der Waals surface area contributed by atoms with Crippen molar-refractivity contribution in [2.45, 2.75) is 37.5 Å². The number of carbonyl (C=O) groups excluding carboxylic acids is 2. The molecule has 154 valence electrons. The number of hydrogen-bond donors (Lipinski definition) is 0. The van der Waals surface area contributed by atoms with E-state index < -0.39 is 22.6 Å². The van der Waals surface area contributed by atoms with Crippen molar-refractivity contribution in [2.24, 2.45) is 0 Å². The number of carbonyl (C=O) groups is 2. The number of ether oxygens (including phenoxy) is 1. The Kier molecular flexibility index (Phi) is 6.49. The molecule has 1 saturated heterocycles. The number of ketones is 1. The smallest absolute Gasteiger partial charge is 0.338 e. The molecule has 3 rings (SSSR count). The maximum Gasteiger partial charge on any atom is 0.338 e. The molecular weight excluding hydrogens is 390 g/mol. The highest BCUT2D eigenvalue weighted by molar-refractivity contribution is 7.89. The lowest BCUT2D eigenvalue weighted by Gasteiger charge is -2.15. The lowest BCUT2D eigenvalue weighted by molar-refractivity contribution is 0.0474. The van der Waals surface area contributed by atoms with Crippen LogP contribution < -0.4 is 0 Å². The molecule has 1 heterocycles. The van der Waals surface area contributed by atoms with Gasteiger partial charge >= 0.3 is 5.97 Å². The zero-order valence-electron chi connectivity index (χ0n) is 16.6. The Labute approximate surface area is 171 Å². The van der Waals surface area contributed by atoms with E-state index in [2.05, 4.69) is 13.8 Å². The van der Waals surface area contributed by atoms with Gasteiger partial charge in [0.2, 0.25) is 10.0 Å². The molecule has 0 aromatic heterocycles. The molecule has 7 heteroatoms. The molecule has 0 amide bonds. The first-order valence-corrected chi connectivity index (χ1v) is 11.1. The largest absolute Gasteiger partial charge is 0.454 e. The van der Waals surface area contributed by atoms with E-state index >= 15 is 0 Å². The van der Waals surface area contributed by atoms with Crippen molar-refractivity contribution in [3.8, 4) is 0 Å². The molecule has 29 heavy (non-hydrogen) atoms. The van der Waals surface area contributed by atoms with Crippen LogP contribution in [0.2, 0.25) is 0 Å². The standard InChI is InChI=1S/C22H25NO5S/c1-16(2)17-8-10-18(11-9-17)21(24)15-28-22(25)19-6-5-7-20(14-19)29(26,27)23-12-3-4-13-23/h5-11,14,16H,3-4,12-13,15H2,1-2H3. The van der Waals surface area contributed by atoms with Gasteiger partial charge in [-0.1, -0.05) is 44.2 Å². The molecule has 0 unspecified atom stereocenters. The van der Waals surface area contributed by atoms with E-state index in [0.717, 1.165) is 18.4 Å². The molecule has 0 atom stereocenters. The molecule has 0 radical (unpaired) electrons. The Morgan fingerprint density at radius 1 is 1.00 bits per heavy atom. The van der Waals surface area contributed by atoms with E-state index in [1.807, 2.05) is 12.1 Å². The molecule has 2 aromatic rings. The van der Waals surface area contributed by atoms with E-state index in [0.29, 0.717) is 24.6 Å². The SMILES string of the molecule is CC(C)c1ccc(C(=O)COC(=O)c2cccc(S(=O)(=O)N3CCCC3)c2)cc1. The molecule has 1 fully saturated rings. The third kappa shape index (κ3) is 4.92. The summed E-state index contributed by atoms with van der Waals surface area (Å²) in [5, 5.41) is 0. The third-order valence-electron chi connectivity index (χ3n) is 5.01. The van der Waals surface area contributed by atoms with Crippen molar-refractivity contribution in [3.63, 3.8) is 0 Å². The molecule has 0 bridgehead atoms. The molecule has 0 spiro atoms. The van der Waals surface area contributed by atoms with Crippen molar-refractivity contribution in [2.75, 3.05) is 19.7 Å². The Morgan fingerprint density at radius 3 is 2.28 bits per heavy atom. The van der Waals surface area contributed by atoms with Gasteiger partial charge in [0.1, 0.15) is 0 Å². The van der Waals surface area contributed by atoms with Crippen LogP contribution in [-0.4, -0.2) is 44.2 Å². The molecule has 0 N–H and O–H groups in total. The summed E-state index contributed by atoms with van der Waals surface area (Å²) in [7, 11) is -3.62. The van der Waals surface area contributed by atoms with Gasteiger partial charge in [-0.05, 0) is 42.5 Å². The van der Waals surface area contributed by atoms with Crippen LogP contribution in [0.15, 0.2) is 53.4 Å². The highest BCUT2D eigenvalue weighted by Crippen LogP contribution is 2.22. The van der Waals surface area contributed by atoms with Crippen LogP contribution in [0.25, 0.3) is 0 Å². The fourth-order valence-corrected chi connectivity index (χ4v) is 4.78. The number of rotatable bonds is 7. The number of sulfonamides is 1. The quantitative estimate of drug-likeness (QED) is 0.509. The van der Waals surface area contributed by atoms with Crippen LogP contribution in [0, 0.1) is 0 Å². The summed E-state index contributed by atoms with van der Waals surface area (Å²) < 4.78 is 31.8. The summed E-state index contributed by atoms with van der Waals surface area (Å²) >= 11 is 0. The second kappa shape index (κ2) is 8.88. The number of benzene rings is 2. The van der Waals surface area contributed by atoms with E-state index in [1.54, 1.807) is 12.1 Å². The first kappa shape index (κ1) is 21.2. The third-order valence-corrected chi connectivity index (χ3v) is 6.90. The fraction of sp³-hybridized carbons (Fsp3) is 0.364. The van der Waals surface area contributed by atoms with Gasteiger partial charge in [0.05, 0.1) is 10.5 Å². The highest BCUT2D eigenvalue weighted by atomic mass is 32.2. The van der Waals surface area contributed by atoms with Gasteiger partial charge in [-0.15, -0.1) is 0 Å². The summed E-state index contributed by atoms with van der Waals surface area (Å²) in [6.07, 6.45) is 1.67. The van der Waals surface area contributed by atoms with Crippen molar-refractivity contribution in [1.82, 2.24) is 4.31 Å². The minimum atomic E-state index is -3.62. The Hall–Kier alpha value is -2.51. The highest BCUT2D eigenvalue weighted by Gasteiger charge is 2.27. The summed E-state index contributed by atoms with van der Waals surface area (Å²) in [6, 6.07) is 12.9. The zero-order chi connectivity index (χ0) is 21.0. The van der Waals surface area contributed by atoms with Crippen LogP contribution in [0.3, 0.4) is 0 Å². The second-order valence-electron chi connectivity index (χ2n) is 7.42. The Bertz CT molecular complexity index is 990. The van der Waals surface area contributed by atoms with Gasteiger partial charge in [0.15, 0.2) is 12.4 Å². The summed E-state index contributed by atoms with van der Waals surface area (Å²) in [5.74, 6) is -0.675. The van der Waals surface area contributed by atoms with Crippen LogP contribution in [0.5, 0.6) is 0 Å². The van der Waals surface area contributed by atoms with Gasteiger partial charge in [-0.3, -0.25) is 4.79 Å². The zero-order valence-corrected chi connectivity index (χ0v) is 17.4. The van der Waals surface area contributed by atoms with Crippen molar-refractivity contribution in [1.29, 1.82) is 0 Å². The number of esters is 1. The molecule has 1 aliphatic heterocycles. The number of Topliss-reactive ketones (excluding diaryl/α,β-unsaturated/α-hetero) is 1. The average Bonchev–Trinajstić information content (AvgIpc) is 3.27. The van der Waals surface area contributed by atoms with Crippen LogP contribution in [-0.2, 0) is 14.8 Å². The van der Waals surface area contributed by atoms with Gasteiger partial charge in [-0.25, -0.2) is 13.2 Å². The predicted molar refractivity (Wildman–Crippen MR) is 110 cm³/mol. The molecular formula is C22H25NO5S. The summed E-state index contributed by atoms with van der Waals surface area (Å²) in [4.78, 5) is 24.7. The van der Waals surface area contributed by atoms with Gasteiger partial charge in [0.25, 0.3) is 0 Å². The van der Waals surface area contributed by atoms with E-state index in [4.69, 9.17) is 4.74 Å². The number of hydrogen-bond acceptors (Lipinski definition) is 5. The fourth-order valence-electron chi connectivity index (χ4n) is 3.21. The molecule has 0 saturated carbocycles. The van der Waals surface area contributed by atoms with E-state index in [-0.39, 0.29) is 16.2 Å². The number of nitrogens with zero attached hydrogens (tertiary/aromatic N) is 1. The Morgan fingerprint density at radius 2 is 1.66 bits per heavy atom. The van der Waals surface area contributed by atoms with Crippen molar-refractivity contribution < 1.29 is 22.7 Å². The first-order chi connectivity index (χ1) is 13.8. The van der Waals surface area contributed by atoms with Crippen LogP contribution >= 0.6 is 0 Å². The maximum atomic E-state index is 12.7. The predicted octanol–water partition coefficient (Wildman–Crippen LogP) is 3.63. The van der Waals surface area contributed by atoms with E-state index in [1.165, 1.54) is 28.6 Å².